The van der Waals surface area contributed by atoms with Gasteiger partial charge in [0, 0.05) is 13.5 Å². The number of hydrogen-bond acceptors (Lipinski definition) is 3. The van der Waals surface area contributed by atoms with Crippen LogP contribution in [0.3, 0.4) is 0 Å². The lowest BCUT2D eigenvalue weighted by molar-refractivity contribution is 0.565. The first-order chi connectivity index (χ1) is 8.22. The van der Waals surface area contributed by atoms with Gasteiger partial charge in [0.25, 0.3) is 0 Å². The first kappa shape index (κ1) is 11.3. The Bertz CT molecular complexity index is 580. The van der Waals surface area contributed by atoms with Crippen LogP contribution in [0.4, 0.5) is 5.69 Å². The third kappa shape index (κ3) is 2.32. The lowest BCUT2D eigenvalue weighted by Crippen LogP contribution is -2.00. The van der Waals surface area contributed by atoms with Crippen LogP contribution in [0.5, 0.6) is 0 Å². The summed E-state index contributed by atoms with van der Waals surface area (Å²) >= 11 is 0. The maximum Gasteiger partial charge on any atom is 0.240 e. The van der Waals surface area contributed by atoms with Crippen LogP contribution in [0.1, 0.15) is 16.8 Å². The van der Waals surface area contributed by atoms with Gasteiger partial charge in [-0.3, -0.25) is 4.68 Å². The molecule has 0 N–H and O–H groups in total. The Morgan fingerprint density at radius 3 is 2.88 bits per heavy atom. The van der Waals surface area contributed by atoms with Gasteiger partial charge in [-0.05, 0) is 18.1 Å². The predicted molar refractivity (Wildman–Crippen MR) is 65.0 cm³/mol. The average Bonchev–Trinajstić information content (AvgIpc) is 2.65. The monoisotopic (exact) mass is 227 g/mol. The summed E-state index contributed by atoms with van der Waals surface area (Å²) in [6.07, 6.45) is 3.85. The van der Waals surface area contributed by atoms with E-state index in [-0.39, 0.29) is 0 Å². The normalized spacial score (nSPS) is 10.0. The van der Waals surface area contributed by atoms with Crippen molar-refractivity contribution in [3.63, 3.8) is 0 Å². The largest absolute Gasteiger partial charge is 0.270 e. The quantitative estimate of drug-likeness (QED) is 0.596. The molecule has 0 saturated heterocycles. The highest BCUT2D eigenvalue weighted by molar-refractivity contribution is 5.52. The molecule has 0 saturated carbocycles. The molecule has 0 amide bonds. The molecule has 0 aliphatic carbocycles. The second-order valence-corrected chi connectivity index (χ2v) is 3.91. The number of aliphatic imine (C=N–C) groups is 1. The zero-order valence-electron chi connectivity index (χ0n) is 9.84. The Balaban J connectivity index is 2.39. The lowest BCUT2D eigenvalue weighted by atomic mass is 10.0. The third-order valence-corrected chi connectivity index (χ3v) is 2.82. The van der Waals surface area contributed by atoms with Crippen molar-refractivity contribution in [1.29, 1.82) is 0 Å². The number of hydrogen-bond donors (Lipinski definition) is 0. The molecule has 1 heterocycles. The molecule has 0 aliphatic rings. The Kier molecular flexibility index (Phi) is 3.17. The summed E-state index contributed by atoms with van der Waals surface area (Å²) in [4.78, 5) is 14.0. The van der Waals surface area contributed by atoms with Crippen molar-refractivity contribution in [1.82, 2.24) is 9.78 Å². The summed E-state index contributed by atoms with van der Waals surface area (Å²) in [6.45, 7) is 2.06. The highest BCUT2D eigenvalue weighted by atomic mass is 16.1. The zero-order valence-corrected chi connectivity index (χ0v) is 9.84. The molecule has 0 radical (unpaired) electrons. The fraction of sp³-hybridized carbons (Fsp3) is 0.231. The van der Waals surface area contributed by atoms with Crippen LogP contribution in [0, 0.1) is 6.92 Å². The van der Waals surface area contributed by atoms with Gasteiger partial charge < -0.3 is 0 Å². The van der Waals surface area contributed by atoms with Crippen molar-refractivity contribution in [3.8, 4) is 0 Å². The molecule has 0 unspecified atom stereocenters. The second kappa shape index (κ2) is 4.76. The van der Waals surface area contributed by atoms with E-state index < -0.39 is 0 Å². The van der Waals surface area contributed by atoms with Crippen LogP contribution >= 0.6 is 0 Å². The van der Waals surface area contributed by atoms with E-state index >= 15 is 0 Å². The van der Waals surface area contributed by atoms with E-state index in [0.717, 1.165) is 5.69 Å². The first-order valence-electron chi connectivity index (χ1n) is 5.35. The van der Waals surface area contributed by atoms with Crippen LogP contribution in [0.2, 0.25) is 0 Å². The molecule has 1 aromatic carbocycles. The smallest absolute Gasteiger partial charge is 0.240 e. The predicted octanol–water partition coefficient (Wildman–Crippen LogP) is 2.29. The number of carbonyl (C=O) groups excluding carboxylic acids is 1. The molecule has 1 aromatic heterocycles. The number of isocyanates is 1. The molecule has 0 fully saturated rings. The highest BCUT2D eigenvalue weighted by Crippen LogP contribution is 2.22. The number of rotatable bonds is 3. The van der Waals surface area contributed by atoms with Crippen molar-refractivity contribution < 1.29 is 4.79 Å². The number of nitrogens with zero attached hydrogens (tertiary/aromatic N) is 3. The summed E-state index contributed by atoms with van der Waals surface area (Å²) < 4.78 is 1.74. The van der Waals surface area contributed by atoms with Gasteiger partial charge in [0.15, 0.2) is 0 Å². The van der Waals surface area contributed by atoms with Gasteiger partial charge in [0.1, 0.15) is 5.69 Å². The highest BCUT2D eigenvalue weighted by Gasteiger charge is 2.09. The lowest BCUT2D eigenvalue weighted by Gasteiger charge is -2.06. The fourth-order valence-electron chi connectivity index (χ4n) is 1.79. The number of aryl methyl sites for hydroxylation is 2. The van der Waals surface area contributed by atoms with Gasteiger partial charge in [-0.2, -0.15) is 10.1 Å². The van der Waals surface area contributed by atoms with Gasteiger partial charge in [-0.1, -0.05) is 24.3 Å². The van der Waals surface area contributed by atoms with Crippen molar-refractivity contribution in [2.75, 3.05) is 0 Å². The molecule has 0 spiro atoms. The molecule has 17 heavy (non-hydrogen) atoms. The summed E-state index contributed by atoms with van der Waals surface area (Å²) in [7, 11) is 1.84. The van der Waals surface area contributed by atoms with Crippen LogP contribution < -0.4 is 0 Å². The van der Waals surface area contributed by atoms with Gasteiger partial charge in [-0.25, -0.2) is 4.79 Å². The SMILES string of the molecule is Cc1ccccc1Cc1c(N=C=O)cnn1C. The Hall–Kier alpha value is -2.19. The zero-order chi connectivity index (χ0) is 12.3. The molecule has 86 valence electrons. The van der Waals surface area contributed by atoms with Crippen LogP contribution in [0.25, 0.3) is 0 Å². The molecule has 0 atom stereocenters. The topological polar surface area (TPSA) is 47.2 Å². The van der Waals surface area contributed by atoms with Crippen LogP contribution in [0.15, 0.2) is 35.5 Å². The van der Waals surface area contributed by atoms with E-state index in [1.807, 2.05) is 19.2 Å². The molecule has 0 bridgehead atoms. The van der Waals surface area contributed by atoms with Crippen molar-refractivity contribution in [2.24, 2.45) is 12.0 Å². The molecule has 0 aliphatic heterocycles. The van der Waals surface area contributed by atoms with E-state index in [9.17, 15) is 4.79 Å². The first-order valence-corrected chi connectivity index (χ1v) is 5.35. The maximum absolute atomic E-state index is 10.3. The van der Waals surface area contributed by atoms with Crippen molar-refractivity contribution >= 4 is 11.8 Å². The summed E-state index contributed by atoms with van der Waals surface area (Å²) in [6, 6.07) is 8.14. The molecule has 4 nitrogen and oxygen atoms in total. The minimum atomic E-state index is 0.589. The standard InChI is InChI=1S/C13H13N3O/c1-10-5-3-4-6-11(10)7-13-12(14-9-17)8-15-16(13)2/h3-6,8H,7H2,1-2H3. The van der Waals surface area contributed by atoms with Crippen LogP contribution in [-0.4, -0.2) is 15.9 Å². The van der Waals surface area contributed by atoms with E-state index in [2.05, 4.69) is 29.1 Å². The molecule has 4 heteroatoms. The summed E-state index contributed by atoms with van der Waals surface area (Å²) in [5.41, 5.74) is 3.93. The number of benzene rings is 1. The molecule has 2 aromatic rings. The van der Waals surface area contributed by atoms with E-state index in [0.29, 0.717) is 12.1 Å². The van der Waals surface area contributed by atoms with Crippen molar-refractivity contribution in [2.45, 2.75) is 13.3 Å². The summed E-state index contributed by atoms with van der Waals surface area (Å²) in [5.74, 6) is 0. The third-order valence-electron chi connectivity index (χ3n) is 2.82. The van der Waals surface area contributed by atoms with Gasteiger partial charge in [0.05, 0.1) is 11.9 Å². The number of aromatic nitrogens is 2. The fourth-order valence-corrected chi connectivity index (χ4v) is 1.79. The Morgan fingerprint density at radius 1 is 1.41 bits per heavy atom. The minimum Gasteiger partial charge on any atom is -0.270 e. The van der Waals surface area contributed by atoms with Gasteiger partial charge in [-0.15, -0.1) is 0 Å². The molecule has 2 rings (SSSR count). The van der Waals surface area contributed by atoms with Gasteiger partial charge in [0.2, 0.25) is 6.08 Å². The van der Waals surface area contributed by atoms with Gasteiger partial charge >= 0.3 is 0 Å². The van der Waals surface area contributed by atoms with E-state index in [1.54, 1.807) is 17.0 Å². The van der Waals surface area contributed by atoms with E-state index in [1.165, 1.54) is 11.1 Å². The Labute approximate surface area is 99.6 Å². The summed E-state index contributed by atoms with van der Waals surface area (Å²) in [5, 5.41) is 4.11. The molecular formula is C13H13N3O. The molecular weight excluding hydrogens is 214 g/mol. The minimum absolute atomic E-state index is 0.589. The maximum atomic E-state index is 10.3. The van der Waals surface area contributed by atoms with E-state index in [4.69, 9.17) is 0 Å². The Morgan fingerprint density at radius 2 is 2.18 bits per heavy atom. The second-order valence-electron chi connectivity index (χ2n) is 3.91. The van der Waals surface area contributed by atoms with Crippen molar-refractivity contribution in [3.05, 3.63) is 47.3 Å². The van der Waals surface area contributed by atoms with Crippen LogP contribution in [-0.2, 0) is 18.3 Å². The average molecular weight is 227 g/mol.